The molecular weight excluding hydrogens is 505 g/mol. The maximum absolute atomic E-state index is 13.1. The Kier molecular flexibility index (Phi) is 6.91. The lowest BCUT2D eigenvalue weighted by molar-refractivity contribution is -0.984. The van der Waals surface area contributed by atoms with E-state index in [2.05, 4.69) is 11.6 Å². The number of quaternary nitrogens is 1. The number of fused-ring (bicyclic) bond motifs is 4. The van der Waals surface area contributed by atoms with E-state index in [9.17, 15) is 18.3 Å². The summed E-state index contributed by atoms with van der Waals surface area (Å²) in [6.07, 6.45) is 0.648. The number of para-hydroxylation sites is 1. The summed E-state index contributed by atoms with van der Waals surface area (Å²) < 4.78 is 39.8. The first kappa shape index (κ1) is 24.9. The zero-order valence-corrected chi connectivity index (χ0v) is 20.3. The first-order valence-electron chi connectivity index (χ1n) is 11.5. The van der Waals surface area contributed by atoms with Gasteiger partial charge in [-0.05, 0) is 35.7 Å². The van der Waals surface area contributed by atoms with E-state index in [0.29, 0.717) is 22.9 Å². The van der Waals surface area contributed by atoms with Crippen LogP contribution in [0.2, 0.25) is 0 Å². The third-order valence-electron chi connectivity index (χ3n) is 7.82. The molecule has 5 atom stereocenters. The van der Waals surface area contributed by atoms with Crippen molar-refractivity contribution in [2.45, 2.75) is 37.7 Å². The summed E-state index contributed by atoms with van der Waals surface area (Å²) in [7, 11) is 0. The highest BCUT2D eigenvalue weighted by atomic mass is 79.9. The molecule has 7 heteroatoms. The van der Waals surface area contributed by atoms with Crippen molar-refractivity contribution in [2.75, 3.05) is 13.1 Å². The molecule has 4 heterocycles. The molecule has 0 amide bonds. The van der Waals surface area contributed by atoms with Gasteiger partial charge in [0.25, 0.3) is 0 Å². The standard InChI is InChI=1S/C27H28F3N2O.BrH/c1-2-19-17-32(16-18-7-9-21(10-8-18)27(28,29)30)14-12-20(19)15-25(32)26(33)23-11-13-31-24-6-4-3-5-22(23)24;/h2-11,13,19-20,25-26,33H,1,12,14-17H2;1H/q+1;/p-1/t19-,20-,25+,26+,32+;/m0./s1. The van der Waals surface area contributed by atoms with Gasteiger partial charge in [0.1, 0.15) is 18.7 Å². The van der Waals surface area contributed by atoms with Crippen molar-refractivity contribution in [1.82, 2.24) is 4.98 Å². The summed E-state index contributed by atoms with van der Waals surface area (Å²) in [4.78, 5) is 4.43. The fourth-order valence-electron chi connectivity index (χ4n) is 6.13. The summed E-state index contributed by atoms with van der Waals surface area (Å²) in [6.45, 7) is 6.39. The van der Waals surface area contributed by atoms with Gasteiger partial charge < -0.3 is 26.6 Å². The molecule has 2 bridgehead atoms. The van der Waals surface area contributed by atoms with Gasteiger partial charge in [0.05, 0.1) is 24.2 Å². The van der Waals surface area contributed by atoms with Crippen molar-refractivity contribution in [1.29, 1.82) is 0 Å². The van der Waals surface area contributed by atoms with Crippen molar-refractivity contribution in [3.05, 3.63) is 90.1 Å². The SMILES string of the molecule is C=C[C@H]1C[N@+]2(Cc3ccc(C(F)(F)F)cc3)CC[C@H]1C[C@@H]2[C@H](O)c1ccnc2ccccc12.[Br-]. The number of aliphatic hydroxyl groups is 1. The van der Waals surface area contributed by atoms with Crippen LogP contribution in [0.1, 0.15) is 35.6 Å². The van der Waals surface area contributed by atoms with Crippen LogP contribution in [0.3, 0.4) is 0 Å². The largest absolute Gasteiger partial charge is 1.00 e. The van der Waals surface area contributed by atoms with E-state index in [1.165, 1.54) is 0 Å². The summed E-state index contributed by atoms with van der Waals surface area (Å²) in [5, 5.41) is 12.6. The van der Waals surface area contributed by atoms with Crippen LogP contribution in [0, 0.1) is 11.8 Å². The minimum absolute atomic E-state index is 0. The van der Waals surface area contributed by atoms with Crippen LogP contribution in [0.15, 0.2) is 73.4 Å². The monoisotopic (exact) mass is 532 g/mol. The molecule has 6 rings (SSSR count). The number of hydrogen-bond donors (Lipinski definition) is 1. The van der Waals surface area contributed by atoms with E-state index < -0.39 is 17.8 Å². The zero-order chi connectivity index (χ0) is 23.2. The van der Waals surface area contributed by atoms with Crippen molar-refractivity contribution < 1.29 is 39.7 Å². The van der Waals surface area contributed by atoms with Crippen molar-refractivity contribution in [3.63, 3.8) is 0 Å². The molecule has 0 aliphatic carbocycles. The minimum atomic E-state index is -4.34. The first-order valence-corrected chi connectivity index (χ1v) is 11.5. The number of aromatic nitrogens is 1. The summed E-state index contributed by atoms with van der Waals surface area (Å²) in [5.41, 5.74) is 1.96. The molecule has 34 heavy (non-hydrogen) atoms. The molecule has 3 aliphatic rings. The fraction of sp³-hybridized carbons (Fsp3) is 0.370. The molecule has 0 unspecified atom stereocenters. The third kappa shape index (κ3) is 4.41. The number of alkyl halides is 3. The first-order chi connectivity index (χ1) is 15.8. The molecule has 3 aliphatic heterocycles. The molecule has 2 aromatic carbocycles. The molecular formula is C27H28BrF3N2O. The molecule has 3 saturated heterocycles. The lowest BCUT2D eigenvalue weighted by atomic mass is 9.71. The van der Waals surface area contributed by atoms with E-state index in [0.717, 1.165) is 60.1 Å². The van der Waals surface area contributed by atoms with Crippen LogP contribution in [-0.2, 0) is 12.7 Å². The molecule has 1 N–H and O–H groups in total. The fourth-order valence-corrected chi connectivity index (χ4v) is 6.13. The number of halogens is 4. The number of piperidine rings is 3. The van der Waals surface area contributed by atoms with E-state index >= 15 is 0 Å². The van der Waals surface area contributed by atoms with Gasteiger partial charge in [0.15, 0.2) is 0 Å². The lowest BCUT2D eigenvalue weighted by Gasteiger charge is -2.58. The smallest absolute Gasteiger partial charge is 0.416 e. The minimum Gasteiger partial charge on any atom is -1.00 e. The Morgan fingerprint density at radius 2 is 1.85 bits per heavy atom. The summed E-state index contributed by atoms with van der Waals surface area (Å²) in [6, 6.07) is 15.2. The second kappa shape index (κ2) is 9.44. The molecule has 0 saturated carbocycles. The quantitative estimate of drug-likeness (QED) is 0.405. The molecule has 1 aromatic heterocycles. The Morgan fingerprint density at radius 3 is 2.56 bits per heavy atom. The zero-order valence-electron chi connectivity index (χ0n) is 18.8. The van der Waals surface area contributed by atoms with Gasteiger partial charge in [0, 0.05) is 35.9 Å². The predicted octanol–water partition coefficient (Wildman–Crippen LogP) is 2.90. The molecule has 3 aromatic rings. The van der Waals surface area contributed by atoms with Gasteiger partial charge in [-0.15, -0.1) is 6.58 Å². The van der Waals surface area contributed by atoms with Crippen molar-refractivity contribution in [3.8, 4) is 0 Å². The molecule has 3 nitrogen and oxygen atoms in total. The number of rotatable bonds is 5. The average Bonchev–Trinajstić information content (AvgIpc) is 2.83. The highest BCUT2D eigenvalue weighted by Crippen LogP contribution is 2.48. The summed E-state index contributed by atoms with van der Waals surface area (Å²) in [5.74, 6) is 0.827. The van der Waals surface area contributed by atoms with Crippen LogP contribution in [0.5, 0.6) is 0 Å². The second-order valence-corrected chi connectivity index (χ2v) is 9.59. The van der Waals surface area contributed by atoms with Crippen LogP contribution < -0.4 is 17.0 Å². The maximum atomic E-state index is 13.1. The van der Waals surface area contributed by atoms with E-state index in [1.807, 2.05) is 36.4 Å². The highest BCUT2D eigenvalue weighted by Gasteiger charge is 2.54. The summed E-state index contributed by atoms with van der Waals surface area (Å²) >= 11 is 0. The average molecular weight is 533 g/mol. The van der Waals surface area contributed by atoms with Crippen LogP contribution >= 0.6 is 0 Å². The van der Waals surface area contributed by atoms with Crippen LogP contribution in [0.25, 0.3) is 10.9 Å². The Balaban J connectivity index is 0.00000274. The Bertz CT molecular complexity index is 1160. The van der Waals surface area contributed by atoms with Crippen LogP contribution in [0.4, 0.5) is 13.2 Å². The number of hydrogen-bond acceptors (Lipinski definition) is 2. The topological polar surface area (TPSA) is 33.1 Å². The van der Waals surface area contributed by atoms with Gasteiger partial charge in [-0.2, -0.15) is 13.2 Å². The number of pyridine rings is 1. The Hall–Kier alpha value is -2.22. The van der Waals surface area contributed by atoms with Gasteiger partial charge in [-0.1, -0.05) is 36.4 Å². The molecule has 0 spiro atoms. The third-order valence-corrected chi connectivity index (χ3v) is 7.82. The van der Waals surface area contributed by atoms with Gasteiger partial charge in [-0.3, -0.25) is 4.98 Å². The lowest BCUT2D eigenvalue weighted by Crippen LogP contribution is -3.00. The normalized spacial score (nSPS) is 27.2. The predicted molar refractivity (Wildman–Crippen MR) is 122 cm³/mol. The van der Waals surface area contributed by atoms with Gasteiger partial charge in [-0.25, -0.2) is 0 Å². The molecule has 3 fully saturated rings. The molecule has 0 radical (unpaired) electrons. The van der Waals surface area contributed by atoms with Gasteiger partial charge >= 0.3 is 6.18 Å². The van der Waals surface area contributed by atoms with E-state index in [1.54, 1.807) is 18.3 Å². The van der Waals surface area contributed by atoms with E-state index in [-0.39, 0.29) is 23.0 Å². The maximum Gasteiger partial charge on any atom is 0.416 e. The highest BCUT2D eigenvalue weighted by molar-refractivity contribution is 5.82. The van der Waals surface area contributed by atoms with Crippen LogP contribution in [-0.4, -0.2) is 33.7 Å². The van der Waals surface area contributed by atoms with Crippen molar-refractivity contribution >= 4 is 10.9 Å². The van der Waals surface area contributed by atoms with Gasteiger partial charge in [0.2, 0.25) is 0 Å². The van der Waals surface area contributed by atoms with E-state index in [4.69, 9.17) is 0 Å². The Morgan fingerprint density at radius 1 is 1.12 bits per heavy atom. The number of aliphatic hydroxyl groups excluding tert-OH is 1. The van der Waals surface area contributed by atoms with Crippen molar-refractivity contribution in [2.24, 2.45) is 11.8 Å². The molecule has 180 valence electrons. The number of benzene rings is 2. The Labute approximate surface area is 208 Å². The second-order valence-electron chi connectivity index (χ2n) is 9.59. The number of nitrogens with zero attached hydrogens (tertiary/aromatic N) is 2.